The van der Waals surface area contributed by atoms with Gasteiger partial charge in [0.25, 0.3) is 0 Å². The summed E-state index contributed by atoms with van der Waals surface area (Å²) in [5.74, 6) is 0. The van der Waals surface area contributed by atoms with Crippen LogP contribution >= 0.6 is 11.3 Å². The Bertz CT molecular complexity index is 1230. The molecule has 4 nitrogen and oxygen atoms in total. The molecule has 1 N–H and O–H groups in total. The Labute approximate surface area is 167 Å². The van der Waals surface area contributed by atoms with Gasteiger partial charge in [0.2, 0.25) is 0 Å². The van der Waals surface area contributed by atoms with Crippen LogP contribution in [0.3, 0.4) is 0 Å². The van der Waals surface area contributed by atoms with Gasteiger partial charge in [0.1, 0.15) is 16.6 Å². The Balaban J connectivity index is 1.60. The number of aryl methyl sites for hydroxylation is 2. The molecule has 28 heavy (non-hydrogen) atoms. The zero-order valence-electron chi connectivity index (χ0n) is 15.6. The Morgan fingerprint density at radius 2 is 2.04 bits per heavy atom. The van der Waals surface area contributed by atoms with Crippen LogP contribution in [0.1, 0.15) is 16.1 Å². The molecule has 5 heteroatoms. The van der Waals surface area contributed by atoms with Crippen molar-refractivity contribution >= 4 is 33.5 Å². The van der Waals surface area contributed by atoms with E-state index in [2.05, 4.69) is 53.4 Å². The van der Waals surface area contributed by atoms with E-state index in [1.165, 1.54) is 22.5 Å². The number of pyridine rings is 1. The fraction of sp³-hybridized carbons (Fsp3) is 0.0870. The number of benzene rings is 2. The first-order valence-electron chi connectivity index (χ1n) is 8.89. The number of nitriles is 1. The molecule has 0 atom stereocenters. The SMILES string of the molecule is Cc1ccc(-c2csc(C(C#N)=CNc3ccc4ncccc4c3)n2)c(C)c1. The molecular weight excluding hydrogens is 364 g/mol. The number of anilines is 1. The second kappa shape index (κ2) is 7.63. The van der Waals surface area contributed by atoms with Crippen molar-refractivity contribution in [3.8, 4) is 17.3 Å². The van der Waals surface area contributed by atoms with Crippen LogP contribution in [0.25, 0.3) is 27.7 Å². The maximum atomic E-state index is 9.60. The zero-order chi connectivity index (χ0) is 19.5. The maximum absolute atomic E-state index is 9.60. The minimum absolute atomic E-state index is 0.507. The van der Waals surface area contributed by atoms with E-state index < -0.39 is 0 Å². The number of rotatable bonds is 4. The van der Waals surface area contributed by atoms with Gasteiger partial charge in [-0.2, -0.15) is 5.26 Å². The molecule has 136 valence electrons. The first-order valence-corrected chi connectivity index (χ1v) is 9.77. The van der Waals surface area contributed by atoms with Crippen LogP contribution in [0, 0.1) is 25.2 Å². The van der Waals surface area contributed by atoms with Crippen LogP contribution in [0.2, 0.25) is 0 Å². The van der Waals surface area contributed by atoms with Gasteiger partial charge in [-0.15, -0.1) is 11.3 Å². The molecule has 0 aliphatic heterocycles. The summed E-state index contributed by atoms with van der Waals surface area (Å²) in [7, 11) is 0. The summed E-state index contributed by atoms with van der Waals surface area (Å²) in [6.45, 7) is 4.16. The van der Waals surface area contributed by atoms with Crippen molar-refractivity contribution in [2.75, 3.05) is 5.32 Å². The lowest BCUT2D eigenvalue weighted by Crippen LogP contribution is -1.92. The number of nitrogens with one attached hydrogen (secondary N) is 1. The summed E-state index contributed by atoms with van der Waals surface area (Å²) in [4.78, 5) is 9.00. The van der Waals surface area contributed by atoms with Gasteiger partial charge in [-0.3, -0.25) is 4.98 Å². The fourth-order valence-corrected chi connectivity index (χ4v) is 3.87. The van der Waals surface area contributed by atoms with E-state index in [0.717, 1.165) is 27.8 Å². The topological polar surface area (TPSA) is 61.6 Å². The number of fused-ring (bicyclic) bond motifs is 1. The lowest BCUT2D eigenvalue weighted by atomic mass is 10.0. The van der Waals surface area contributed by atoms with Gasteiger partial charge in [0.05, 0.1) is 11.2 Å². The van der Waals surface area contributed by atoms with E-state index in [9.17, 15) is 5.26 Å². The van der Waals surface area contributed by atoms with Gasteiger partial charge in [-0.05, 0) is 43.7 Å². The lowest BCUT2D eigenvalue weighted by molar-refractivity contribution is 1.32. The normalized spacial score (nSPS) is 11.4. The van der Waals surface area contributed by atoms with Crippen LogP contribution < -0.4 is 5.32 Å². The van der Waals surface area contributed by atoms with E-state index in [4.69, 9.17) is 0 Å². The van der Waals surface area contributed by atoms with Crippen LogP contribution in [-0.2, 0) is 0 Å². The summed E-state index contributed by atoms with van der Waals surface area (Å²) < 4.78 is 0. The summed E-state index contributed by atoms with van der Waals surface area (Å²) in [5, 5.41) is 16.6. The van der Waals surface area contributed by atoms with Crippen LogP contribution in [0.4, 0.5) is 5.69 Å². The molecule has 2 heterocycles. The zero-order valence-corrected chi connectivity index (χ0v) is 16.4. The van der Waals surface area contributed by atoms with E-state index >= 15 is 0 Å². The molecule has 0 unspecified atom stereocenters. The highest BCUT2D eigenvalue weighted by Gasteiger charge is 2.10. The fourth-order valence-electron chi connectivity index (χ4n) is 3.08. The molecule has 4 rings (SSSR count). The first-order chi connectivity index (χ1) is 13.6. The Kier molecular flexibility index (Phi) is 4.88. The van der Waals surface area contributed by atoms with Crippen molar-refractivity contribution in [2.24, 2.45) is 0 Å². The monoisotopic (exact) mass is 382 g/mol. The molecule has 2 aromatic carbocycles. The van der Waals surface area contributed by atoms with Crippen LogP contribution in [0.5, 0.6) is 0 Å². The third-order valence-corrected chi connectivity index (χ3v) is 5.37. The molecule has 0 radical (unpaired) electrons. The predicted molar refractivity (Wildman–Crippen MR) is 116 cm³/mol. The summed E-state index contributed by atoms with van der Waals surface area (Å²) in [5.41, 5.74) is 6.75. The molecule has 0 fully saturated rings. The molecule has 0 aliphatic rings. The third-order valence-electron chi connectivity index (χ3n) is 4.50. The first kappa shape index (κ1) is 17.9. The van der Waals surface area contributed by atoms with Crippen LogP contribution in [0.15, 0.2) is 66.3 Å². The molecule has 0 amide bonds. The van der Waals surface area contributed by atoms with Crippen molar-refractivity contribution in [3.05, 3.63) is 82.4 Å². The van der Waals surface area contributed by atoms with Gasteiger partial charge < -0.3 is 5.32 Å². The van der Waals surface area contributed by atoms with Gasteiger partial charge >= 0.3 is 0 Å². The van der Waals surface area contributed by atoms with Gasteiger partial charge in [-0.1, -0.05) is 29.8 Å². The molecule has 0 spiro atoms. The van der Waals surface area contributed by atoms with E-state index in [1.807, 2.05) is 35.7 Å². The summed E-state index contributed by atoms with van der Waals surface area (Å²) >= 11 is 1.48. The highest BCUT2D eigenvalue weighted by atomic mass is 32.1. The minimum atomic E-state index is 0.507. The molecular formula is C23H18N4S. The second-order valence-electron chi connectivity index (χ2n) is 6.58. The molecule has 0 bridgehead atoms. The Hall–Kier alpha value is -3.49. The third kappa shape index (κ3) is 3.64. The van der Waals surface area contributed by atoms with Crippen molar-refractivity contribution in [1.82, 2.24) is 9.97 Å². The number of thiazole rings is 1. The predicted octanol–water partition coefficient (Wildman–Crippen LogP) is 5.95. The van der Waals surface area contributed by atoms with Gasteiger partial charge in [-0.25, -0.2) is 4.98 Å². The van der Waals surface area contributed by atoms with Gasteiger partial charge in [0.15, 0.2) is 0 Å². The maximum Gasteiger partial charge on any atom is 0.136 e. The molecule has 2 aromatic heterocycles. The van der Waals surface area contributed by atoms with E-state index in [-0.39, 0.29) is 0 Å². The number of hydrogen-bond donors (Lipinski definition) is 1. The summed E-state index contributed by atoms with van der Waals surface area (Å²) in [6, 6.07) is 18.4. The number of nitrogens with zero attached hydrogens (tertiary/aromatic N) is 3. The van der Waals surface area contributed by atoms with Crippen molar-refractivity contribution in [2.45, 2.75) is 13.8 Å². The van der Waals surface area contributed by atoms with Crippen molar-refractivity contribution in [3.63, 3.8) is 0 Å². The number of aromatic nitrogens is 2. The summed E-state index contributed by atoms with van der Waals surface area (Å²) in [6.07, 6.45) is 3.49. The molecule has 0 saturated carbocycles. The largest absolute Gasteiger partial charge is 0.360 e. The number of hydrogen-bond acceptors (Lipinski definition) is 5. The highest BCUT2D eigenvalue weighted by molar-refractivity contribution is 7.11. The molecule has 4 aromatic rings. The van der Waals surface area contributed by atoms with Gasteiger partial charge in [0, 0.05) is 34.4 Å². The van der Waals surface area contributed by atoms with E-state index in [0.29, 0.717) is 10.6 Å². The highest BCUT2D eigenvalue weighted by Crippen LogP contribution is 2.29. The second-order valence-corrected chi connectivity index (χ2v) is 7.44. The minimum Gasteiger partial charge on any atom is -0.360 e. The Morgan fingerprint density at radius 3 is 2.86 bits per heavy atom. The molecule has 0 aliphatic carbocycles. The smallest absolute Gasteiger partial charge is 0.136 e. The van der Waals surface area contributed by atoms with Crippen molar-refractivity contribution < 1.29 is 0 Å². The van der Waals surface area contributed by atoms with E-state index in [1.54, 1.807) is 12.4 Å². The van der Waals surface area contributed by atoms with Crippen LogP contribution in [-0.4, -0.2) is 9.97 Å². The quantitative estimate of drug-likeness (QED) is 0.443. The lowest BCUT2D eigenvalue weighted by Gasteiger charge is -2.04. The Morgan fingerprint density at radius 1 is 1.14 bits per heavy atom. The standard InChI is InChI=1S/C23H18N4S/c1-15-5-7-20(16(2)10-15)22-14-28-23(27-22)18(12-24)13-26-19-6-8-21-17(11-19)4-3-9-25-21/h3-11,13-14,26H,1-2H3. The number of allylic oxidation sites excluding steroid dienone is 1. The molecule has 0 saturated heterocycles. The average molecular weight is 382 g/mol. The van der Waals surface area contributed by atoms with Crippen molar-refractivity contribution in [1.29, 1.82) is 5.26 Å². The average Bonchev–Trinajstić information content (AvgIpc) is 3.18.